The van der Waals surface area contributed by atoms with Crippen LogP contribution < -0.4 is 5.32 Å². The third-order valence-electron chi connectivity index (χ3n) is 4.85. The van der Waals surface area contributed by atoms with E-state index in [-0.39, 0.29) is 6.61 Å². The van der Waals surface area contributed by atoms with E-state index in [0.29, 0.717) is 25.1 Å². The zero-order valence-electron chi connectivity index (χ0n) is 16.9. The van der Waals surface area contributed by atoms with Crippen molar-refractivity contribution in [3.8, 4) is 0 Å². The fourth-order valence-corrected chi connectivity index (χ4v) is 3.31. The predicted octanol–water partition coefficient (Wildman–Crippen LogP) is 2.71. The summed E-state index contributed by atoms with van der Waals surface area (Å²) in [5.41, 5.74) is 2.34. The van der Waals surface area contributed by atoms with Crippen LogP contribution in [0.1, 0.15) is 28.5 Å². The van der Waals surface area contributed by atoms with E-state index in [9.17, 15) is 14.7 Å². The van der Waals surface area contributed by atoms with E-state index >= 15 is 0 Å². The summed E-state index contributed by atoms with van der Waals surface area (Å²) in [6.07, 6.45) is 4.04. The summed E-state index contributed by atoms with van der Waals surface area (Å²) in [4.78, 5) is 30.8. The van der Waals surface area contributed by atoms with Crippen LogP contribution in [0.2, 0.25) is 0 Å². The van der Waals surface area contributed by atoms with E-state index in [0.717, 1.165) is 11.3 Å². The van der Waals surface area contributed by atoms with Crippen molar-refractivity contribution in [1.29, 1.82) is 0 Å². The largest absolute Gasteiger partial charge is 0.394 e. The second-order valence-electron chi connectivity index (χ2n) is 6.97. The normalized spacial score (nSPS) is 11.7. The van der Waals surface area contributed by atoms with E-state index in [1.165, 1.54) is 4.90 Å². The summed E-state index contributed by atoms with van der Waals surface area (Å²) in [5.74, 6) is -0.470. The van der Waals surface area contributed by atoms with Crippen LogP contribution in [-0.2, 0) is 13.0 Å². The van der Waals surface area contributed by atoms with Gasteiger partial charge in [-0.1, -0.05) is 48.5 Å². The lowest BCUT2D eigenvalue weighted by Crippen LogP contribution is -2.50. The van der Waals surface area contributed by atoms with Gasteiger partial charge < -0.3 is 14.6 Å². The van der Waals surface area contributed by atoms with Gasteiger partial charge in [-0.05, 0) is 24.6 Å². The van der Waals surface area contributed by atoms with Gasteiger partial charge in [0, 0.05) is 31.3 Å². The zero-order valence-corrected chi connectivity index (χ0v) is 16.9. The summed E-state index contributed by atoms with van der Waals surface area (Å²) in [6.45, 7) is 2.63. The van der Waals surface area contributed by atoms with Gasteiger partial charge in [0.1, 0.15) is 0 Å². The number of imide groups is 1. The maximum absolute atomic E-state index is 12.7. The minimum absolute atomic E-state index is 0.230. The fourth-order valence-electron chi connectivity index (χ4n) is 3.31. The third-order valence-corrected chi connectivity index (χ3v) is 4.85. The van der Waals surface area contributed by atoms with Crippen LogP contribution in [0.3, 0.4) is 0 Å². The number of nitrogens with zero attached hydrogens (tertiary/aromatic N) is 3. The molecule has 0 saturated carbocycles. The van der Waals surface area contributed by atoms with Crippen LogP contribution in [-0.4, -0.2) is 50.7 Å². The average molecular weight is 406 g/mol. The molecule has 7 nitrogen and oxygen atoms in total. The van der Waals surface area contributed by atoms with Gasteiger partial charge in [-0.15, -0.1) is 0 Å². The molecule has 3 rings (SSSR count). The van der Waals surface area contributed by atoms with Gasteiger partial charge in [-0.2, -0.15) is 0 Å². The highest BCUT2D eigenvalue weighted by Crippen LogP contribution is 2.10. The lowest BCUT2D eigenvalue weighted by Gasteiger charge is -2.29. The number of carbonyl (C=O) groups excluding carboxylic acids is 2. The third kappa shape index (κ3) is 5.55. The number of aliphatic hydroxyl groups excluding tert-OH is 1. The number of carbonyl (C=O) groups is 2. The molecule has 30 heavy (non-hydrogen) atoms. The molecule has 0 saturated heterocycles. The number of rotatable bonds is 8. The van der Waals surface area contributed by atoms with Crippen molar-refractivity contribution in [2.24, 2.45) is 0 Å². The van der Waals surface area contributed by atoms with Crippen LogP contribution in [0, 0.1) is 0 Å². The Hall–Kier alpha value is -3.45. The summed E-state index contributed by atoms with van der Waals surface area (Å²) in [5, 5.41) is 12.3. The average Bonchev–Trinajstić information content (AvgIpc) is 3.21. The highest BCUT2D eigenvalue weighted by atomic mass is 16.3. The van der Waals surface area contributed by atoms with Gasteiger partial charge in [0.05, 0.1) is 24.7 Å². The molecule has 1 heterocycles. The Kier molecular flexibility index (Phi) is 7.34. The van der Waals surface area contributed by atoms with E-state index in [1.807, 2.05) is 48.0 Å². The van der Waals surface area contributed by atoms with Crippen LogP contribution in [0.4, 0.5) is 4.79 Å². The molecule has 1 aromatic heterocycles. The van der Waals surface area contributed by atoms with Crippen molar-refractivity contribution < 1.29 is 14.7 Å². The van der Waals surface area contributed by atoms with Gasteiger partial charge in [0.15, 0.2) is 0 Å². The number of aliphatic hydroxyl groups is 1. The SMILES string of the molecule is CCN(C(=O)NC(=O)c1ccccc1)[C@H](CO)Cc1cn(Cc2ccccc2)cn1. The maximum atomic E-state index is 12.7. The highest BCUT2D eigenvalue weighted by Gasteiger charge is 2.24. The quantitative estimate of drug-likeness (QED) is 0.602. The Balaban J connectivity index is 1.63. The zero-order chi connectivity index (χ0) is 21.3. The molecule has 0 fully saturated rings. The molecule has 0 aliphatic rings. The Labute approximate surface area is 176 Å². The van der Waals surface area contributed by atoms with Crippen molar-refractivity contribution in [3.05, 3.63) is 90.0 Å². The molecule has 0 aliphatic heterocycles. The topological polar surface area (TPSA) is 87.5 Å². The lowest BCUT2D eigenvalue weighted by molar-refractivity contribution is 0.0929. The number of aromatic nitrogens is 2. The van der Waals surface area contributed by atoms with Crippen LogP contribution in [0.15, 0.2) is 73.2 Å². The molecule has 0 bridgehead atoms. The van der Waals surface area contributed by atoms with Gasteiger partial charge >= 0.3 is 6.03 Å². The molecule has 0 unspecified atom stereocenters. The molecule has 0 aliphatic carbocycles. The first kappa shape index (κ1) is 21.3. The first-order chi connectivity index (χ1) is 14.6. The van der Waals surface area contributed by atoms with E-state index in [4.69, 9.17) is 0 Å². The summed E-state index contributed by atoms with van der Waals surface area (Å²) < 4.78 is 1.97. The van der Waals surface area contributed by atoms with Crippen molar-refractivity contribution >= 4 is 11.9 Å². The molecule has 1 atom stereocenters. The minimum atomic E-state index is -0.533. The monoisotopic (exact) mass is 406 g/mol. The van der Waals surface area contributed by atoms with Crippen molar-refractivity contribution in [2.75, 3.05) is 13.2 Å². The van der Waals surface area contributed by atoms with Crippen LogP contribution >= 0.6 is 0 Å². The Morgan fingerprint density at radius 1 is 1.10 bits per heavy atom. The Morgan fingerprint density at radius 2 is 1.77 bits per heavy atom. The number of amides is 3. The molecule has 3 amide bonds. The summed E-state index contributed by atoms with van der Waals surface area (Å²) >= 11 is 0. The summed E-state index contributed by atoms with van der Waals surface area (Å²) in [7, 11) is 0. The second kappa shape index (κ2) is 10.4. The molecule has 0 spiro atoms. The number of likely N-dealkylation sites (N-methyl/N-ethyl adjacent to an activating group) is 1. The molecular formula is C23H26N4O3. The minimum Gasteiger partial charge on any atom is -0.394 e. The first-order valence-corrected chi connectivity index (χ1v) is 9.93. The molecule has 3 aromatic rings. The van der Waals surface area contributed by atoms with E-state index < -0.39 is 18.0 Å². The molecule has 2 aromatic carbocycles. The molecular weight excluding hydrogens is 380 g/mol. The molecule has 156 valence electrons. The first-order valence-electron chi connectivity index (χ1n) is 9.93. The Bertz CT molecular complexity index is 957. The van der Waals surface area contributed by atoms with Crippen molar-refractivity contribution in [3.63, 3.8) is 0 Å². The molecule has 2 N–H and O–H groups in total. The number of benzene rings is 2. The van der Waals surface area contributed by atoms with Gasteiger partial charge in [-0.3, -0.25) is 10.1 Å². The fraction of sp³-hybridized carbons (Fsp3) is 0.261. The van der Waals surface area contributed by atoms with Gasteiger partial charge in [0.2, 0.25) is 0 Å². The van der Waals surface area contributed by atoms with E-state index in [2.05, 4.69) is 10.3 Å². The Morgan fingerprint density at radius 3 is 2.40 bits per heavy atom. The summed E-state index contributed by atoms with van der Waals surface area (Å²) in [6, 6.07) is 17.6. The van der Waals surface area contributed by atoms with Crippen molar-refractivity contribution in [2.45, 2.75) is 25.9 Å². The van der Waals surface area contributed by atoms with Gasteiger partial charge in [0.25, 0.3) is 5.91 Å². The smallest absolute Gasteiger partial charge is 0.324 e. The number of nitrogens with one attached hydrogen (secondary N) is 1. The lowest BCUT2D eigenvalue weighted by atomic mass is 10.1. The number of hydrogen-bond donors (Lipinski definition) is 2. The number of urea groups is 1. The number of imidazole rings is 1. The maximum Gasteiger partial charge on any atom is 0.324 e. The van der Waals surface area contributed by atoms with Crippen LogP contribution in [0.25, 0.3) is 0 Å². The predicted molar refractivity (Wildman–Crippen MR) is 114 cm³/mol. The molecule has 7 heteroatoms. The number of hydrogen-bond acceptors (Lipinski definition) is 4. The van der Waals surface area contributed by atoms with E-state index in [1.54, 1.807) is 36.7 Å². The van der Waals surface area contributed by atoms with Gasteiger partial charge in [-0.25, -0.2) is 9.78 Å². The van der Waals surface area contributed by atoms with Crippen molar-refractivity contribution in [1.82, 2.24) is 19.8 Å². The highest BCUT2D eigenvalue weighted by molar-refractivity contribution is 6.04. The molecule has 0 radical (unpaired) electrons. The second-order valence-corrected chi connectivity index (χ2v) is 6.97. The standard InChI is InChI=1S/C23H26N4O3/c1-2-27(23(30)25-22(29)19-11-7-4-8-12-19)21(16-28)13-20-15-26(17-24-20)14-18-9-5-3-6-10-18/h3-12,15,17,21,28H,2,13-14,16H2,1H3,(H,25,29,30)/t21-/m0/s1. The van der Waals surface area contributed by atoms with Crippen LogP contribution in [0.5, 0.6) is 0 Å².